The van der Waals surface area contributed by atoms with Crippen molar-refractivity contribution in [3.63, 3.8) is 0 Å². The van der Waals surface area contributed by atoms with Crippen molar-refractivity contribution in [3.8, 4) is 11.5 Å². The first-order valence-electron chi connectivity index (χ1n) is 11.1. The Balaban J connectivity index is 1.53. The first kappa shape index (κ1) is 22.0. The minimum atomic E-state index is -1.15. The molecule has 6 nitrogen and oxygen atoms in total. The fourth-order valence-corrected chi connectivity index (χ4v) is 4.62. The molecule has 0 saturated carbocycles. The molecular weight excluding hydrogens is 450 g/mol. The standard InChI is InChI=1S/C27H24ClN3O3/c1-27(26(33)29-16-19-8-3-2-4-9-19)18-30-22(24-12-7-15-34-24)13-14-23(30)25(32)31(27)17-20-10-5-6-11-21(20)28/h2-15H,16-18H2,1H3,(H,29,33). The van der Waals surface area contributed by atoms with E-state index < -0.39 is 5.54 Å². The summed E-state index contributed by atoms with van der Waals surface area (Å²) in [5, 5.41) is 3.59. The van der Waals surface area contributed by atoms with Gasteiger partial charge in [0, 0.05) is 18.1 Å². The fraction of sp³-hybridized carbons (Fsp3) is 0.185. The Morgan fingerprint density at radius 3 is 2.47 bits per heavy atom. The number of furan rings is 1. The Morgan fingerprint density at radius 2 is 1.74 bits per heavy atom. The first-order chi connectivity index (χ1) is 16.5. The number of hydrogen-bond acceptors (Lipinski definition) is 3. The van der Waals surface area contributed by atoms with Crippen molar-refractivity contribution in [2.75, 3.05) is 0 Å². The number of benzene rings is 2. The average molecular weight is 474 g/mol. The van der Waals surface area contributed by atoms with Crippen LogP contribution >= 0.6 is 11.6 Å². The van der Waals surface area contributed by atoms with Gasteiger partial charge in [0.25, 0.3) is 5.91 Å². The van der Waals surface area contributed by atoms with Crippen LogP contribution in [0.1, 0.15) is 28.5 Å². The number of halogens is 1. The summed E-state index contributed by atoms with van der Waals surface area (Å²) in [7, 11) is 0. The average Bonchev–Trinajstić information content (AvgIpc) is 3.52. The molecule has 1 aliphatic rings. The smallest absolute Gasteiger partial charge is 0.271 e. The van der Waals surface area contributed by atoms with Crippen LogP contribution in [-0.4, -0.2) is 26.8 Å². The molecule has 0 bridgehead atoms. The molecule has 0 spiro atoms. The highest BCUT2D eigenvalue weighted by Gasteiger charge is 2.48. The van der Waals surface area contributed by atoms with Crippen LogP contribution in [0, 0.1) is 0 Å². The van der Waals surface area contributed by atoms with Crippen molar-refractivity contribution in [1.29, 1.82) is 0 Å². The molecule has 0 radical (unpaired) electrons. The van der Waals surface area contributed by atoms with Crippen LogP contribution in [0.15, 0.2) is 89.5 Å². The highest BCUT2D eigenvalue weighted by atomic mass is 35.5. The van der Waals surface area contributed by atoms with Crippen LogP contribution in [0.4, 0.5) is 0 Å². The molecule has 7 heteroatoms. The summed E-state index contributed by atoms with van der Waals surface area (Å²) >= 11 is 6.42. The Labute approximate surface area is 202 Å². The SMILES string of the molecule is CC1(C(=O)NCc2ccccc2)Cn2c(ccc2-c2ccco2)C(=O)N1Cc1ccccc1Cl. The Morgan fingerprint density at radius 1 is 1.00 bits per heavy atom. The zero-order valence-electron chi connectivity index (χ0n) is 18.7. The van der Waals surface area contributed by atoms with Gasteiger partial charge in [-0.2, -0.15) is 0 Å². The van der Waals surface area contributed by atoms with E-state index >= 15 is 0 Å². The van der Waals surface area contributed by atoms with Crippen molar-refractivity contribution in [2.45, 2.75) is 32.1 Å². The van der Waals surface area contributed by atoms with Crippen molar-refractivity contribution in [3.05, 3.63) is 107 Å². The van der Waals surface area contributed by atoms with E-state index in [1.165, 1.54) is 0 Å². The summed E-state index contributed by atoms with van der Waals surface area (Å²) in [4.78, 5) is 29.1. The predicted molar refractivity (Wildman–Crippen MR) is 130 cm³/mol. The Hall–Kier alpha value is -3.77. The van der Waals surface area contributed by atoms with Crippen LogP contribution in [0.25, 0.3) is 11.5 Å². The molecule has 1 atom stereocenters. The molecule has 2 aromatic heterocycles. The number of amides is 2. The maximum absolute atomic E-state index is 13.8. The minimum Gasteiger partial charge on any atom is -0.463 e. The number of carbonyl (C=O) groups is 2. The topological polar surface area (TPSA) is 67.5 Å². The van der Waals surface area contributed by atoms with E-state index in [1.807, 2.05) is 65.2 Å². The number of nitrogens with zero attached hydrogens (tertiary/aromatic N) is 2. The van der Waals surface area contributed by atoms with Crippen molar-refractivity contribution in [1.82, 2.24) is 14.8 Å². The zero-order chi connectivity index (χ0) is 23.7. The van der Waals surface area contributed by atoms with E-state index in [1.54, 1.807) is 36.3 Å². The van der Waals surface area contributed by atoms with Crippen LogP contribution < -0.4 is 5.32 Å². The molecule has 0 fully saturated rings. The summed E-state index contributed by atoms with van der Waals surface area (Å²) in [6.45, 7) is 2.67. The predicted octanol–water partition coefficient (Wildman–Crippen LogP) is 5.13. The number of hydrogen-bond donors (Lipinski definition) is 1. The second-order valence-corrected chi connectivity index (χ2v) is 9.00. The third-order valence-electron chi connectivity index (χ3n) is 6.35. The summed E-state index contributed by atoms with van der Waals surface area (Å²) in [5.41, 5.74) is 1.88. The maximum Gasteiger partial charge on any atom is 0.271 e. The Bertz CT molecular complexity index is 1330. The zero-order valence-corrected chi connectivity index (χ0v) is 19.5. The Kier molecular flexibility index (Phi) is 5.75. The molecule has 3 heterocycles. The second kappa shape index (κ2) is 8.88. The van der Waals surface area contributed by atoms with Gasteiger partial charge in [0.05, 0.1) is 18.5 Å². The van der Waals surface area contributed by atoms with Crippen molar-refractivity contribution in [2.24, 2.45) is 0 Å². The maximum atomic E-state index is 13.8. The number of aromatic nitrogens is 1. The first-order valence-corrected chi connectivity index (χ1v) is 11.5. The fourth-order valence-electron chi connectivity index (χ4n) is 4.43. The number of fused-ring (bicyclic) bond motifs is 1. The lowest BCUT2D eigenvalue weighted by atomic mass is 9.93. The number of nitrogens with one attached hydrogen (secondary N) is 1. The molecule has 2 aromatic carbocycles. The summed E-state index contributed by atoms with van der Waals surface area (Å²) < 4.78 is 7.46. The van der Waals surface area contributed by atoms with Crippen molar-refractivity contribution < 1.29 is 14.0 Å². The summed E-state index contributed by atoms with van der Waals surface area (Å²) in [6.07, 6.45) is 1.59. The molecule has 5 rings (SSSR count). The van der Waals surface area contributed by atoms with Crippen molar-refractivity contribution >= 4 is 23.4 Å². The van der Waals surface area contributed by atoms with E-state index in [0.717, 1.165) is 16.8 Å². The van der Waals surface area contributed by atoms with Gasteiger partial charge in [-0.15, -0.1) is 0 Å². The van der Waals surface area contributed by atoms with Crippen LogP contribution in [0.3, 0.4) is 0 Å². The van der Waals surface area contributed by atoms with Gasteiger partial charge in [0.15, 0.2) is 0 Å². The molecule has 1 N–H and O–H groups in total. The molecule has 2 amide bonds. The highest BCUT2D eigenvalue weighted by Crippen LogP contribution is 2.35. The van der Waals surface area contributed by atoms with Gasteiger partial charge in [-0.1, -0.05) is 60.1 Å². The molecular formula is C27H24ClN3O3. The quantitative estimate of drug-likeness (QED) is 0.422. The molecule has 4 aromatic rings. The second-order valence-electron chi connectivity index (χ2n) is 8.59. The molecule has 172 valence electrons. The van der Waals surface area contributed by atoms with Gasteiger partial charge in [0.2, 0.25) is 5.91 Å². The van der Waals surface area contributed by atoms with E-state index in [0.29, 0.717) is 23.0 Å². The lowest BCUT2D eigenvalue weighted by Crippen LogP contribution is -2.63. The van der Waals surface area contributed by atoms with E-state index in [-0.39, 0.29) is 24.9 Å². The third-order valence-corrected chi connectivity index (χ3v) is 6.72. The minimum absolute atomic E-state index is 0.217. The lowest BCUT2D eigenvalue weighted by molar-refractivity contribution is -0.133. The third kappa shape index (κ3) is 3.90. The molecule has 34 heavy (non-hydrogen) atoms. The molecule has 0 aliphatic carbocycles. The summed E-state index contributed by atoms with van der Waals surface area (Å²) in [6, 6.07) is 24.4. The largest absolute Gasteiger partial charge is 0.463 e. The number of carbonyl (C=O) groups excluding carboxylic acids is 2. The van der Waals surface area contributed by atoms with Gasteiger partial charge in [-0.3, -0.25) is 9.59 Å². The number of rotatable bonds is 6. The van der Waals surface area contributed by atoms with Gasteiger partial charge in [-0.05, 0) is 48.4 Å². The van der Waals surface area contributed by atoms with Gasteiger partial charge in [-0.25, -0.2) is 0 Å². The van der Waals surface area contributed by atoms with Gasteiger partial charge in [0.1, 0.15) is 17.0 Å². The van der Waals surface area contributed by atoms with Crippen LogP contribution in [0.5, 0.6) is 0 Å². The van der Waals surface area contributed by atoms with Gasteiger partial charge >= 0.3 is 0 Å². The lowest BCUT2D eigenvalue weighted by Gasteiger charge is -2.44. The summed E-state index contributed by atoms with van der Waals surface area (Å²) in [5.74, 6) is 0.175. The molecule has 1 aliphatic heterocycles. The molecule has 0 saturated heterocycles. The van der Waals surface area contributed by atoms with E-state index in [4.69, 9.17) is 16.0 Å². The van der Waals surface area contributed by atoms with Crippen LogP contribution in [0.2, 0.25) is 5.02 Å². The van der Waals surface area contributed by atoms with Crippen LogP contribution in [-0.2, 0) is 24.4 Å². The highest BCUT2D eigenvalue weighted by molar-refractivity contribution is 6.31. The molecule has 1 unspecified atom stereocenters. The van der Waals surface area contributed by atoms with E-state index in [2.05, 4.69) is 5.32 Å². The van der Waals surface area contributed by atoms with E-state index in [9.17, 15) is 9.59 Å². The monoisotopic (exact) mass is 473 g/mol. The normalized spacial score (nSPS) is 17.5. The van der Waals surface area contributed by atoms with Gasteiger partial charge < -0.3 is 19.2 Å².